The molecule has 1 atom stereocenters. The standard InChI is InChI=1S/C68H58N2S/c1-6-44(4)25-12-14-29-48-41-62-64(42-46(48)7-2)71-68-63(70(62)61-40-23-21-31-51(61)47-27-10-9-11-28-47)43-59(50-30-15-13-26-45(50)5)49(8-3)67(68)58-38-24-37-57(66(58)56-36-20-22-39-60(56)69)65-54-34-18-16-32-52(54)53-33-17-19-35-55(53)65/h6-7,9-41,43,46,65H,2,8,42,69H2,1,3-5H3/b25-12-,29-14-,44-6+. The minimum atomic E-state index is 0.00804. The van der Waals surface area contributed by atoms with E-state index in [2.05, 4.69) is 258 Å². The summed E-state index contributed by atoms with van der Waals surface area (Å²) < 4.78 is 0. The molecule has 2 N–H and O–H groups in total. The molecule has 0 radical (unpaired) electrons. The number of nitrogens with two attached hydrogens (primary N) is 1. The number of aryl methyl sites for hydroxylation is 1. The van der Waals surface area contributed by atoms with Gasteiger partial charge in [0, 0.05) is 44.0 Å². The zero-order valence-corrected chi connectivity index (χ0v) is 41.8. The lowest BCUT2D eigenvalue weighted by Crippen LogP contribution is -2.25. The summed E-state index contributed by atoms with van der Waals surface area (Å²) in [4.78, 5) is 5.16. The SMILES string of the molecule is C=CC1CC2=C(C=C1\C=C/C=C\C(C)=C\C)N(c1ccccc1-c1ccccc1)c1cc(-c3ccccc3C)c(CC)c(-c3cccc(C4c5ccccc5-c5ccccc54)c3-c3ccccc3N)c1S2. The molecule has 0 aromatic heterocycles. The van der Waals surface area contributed by atoms with Gasteiger partial charge in [0.05, 0.1) is 17.1 Å². The molecule has 0 fully saturated rings. The molecule has 1 heterocycles. The van der Waals surface area contributed by atoms with E-state index in [0.29, 0.717) is 0 Å². The highest BCUT2D eigenvalue weighted by Gasteiger charge is 2.38. The van der Waals surface area contributed by atoms with E-state index in [1.54, 1.807) is 0 Å². The molecule has 0 saturated carbocycles. The number of thioether (sulfide) groups is 1. The van der Waals surface area contributed by atoms with Crippen LogP contribution in [-0.2, 0) is 6.42 Å². The van der Waals surface area contributed by atoms with E-state index < -0.39 is 0 Å². The van der Waals surface area contributed by atoms with Crippen LogP contribution in [0.25, 0.3) is 55.6 Å². The predicted octanol–water partition coefficient (Wildman–Crippen LogP) is 18.6. The Morgan fingerprint density at radius 3 is 1.96 bits per heavy atom. The molecular formula is C68H58N2S. The molecule has 346 valence electrons. The van der Waals surface area contributed by atoms with Gasteiger partial charge in [-0.05, 0) is 130 Å². The van der Waals surface area contributed by atoms with E-state index >= 15 is 0 Å². The average Bonchev–Trinajstić information content (AvgIpc) is 3.75. The molecule has 71 heavy (non-hydrogen) atoms. The van der Waals surface area contributed by atoms with Crippen LogP contribution in [0.15, 0.2) is 252 Å². The van der Waals surface area contributed by atoms with E-state index in [1.807, 2.05) is 11.8 Å². The van der Waals surface area contributed by atoms with Crippen LogP contribution in [0.1, 0.15) is 60.9 Å². The van der Waals surface area contributed by atoms with E-state index in [0.717, 1.165) is 35.5 Å². The largest absolute Gasteiger partial charge is 0.398 e. The Balaban J connectivity index is 1.26. The number of rotatable bonds is 11. The molecule has 8 aromatic carbocycles. The van der Waals surface area contributed by atoms with Crippen LogP contribution < -0.4 is 10.6 Å². The van der Waals surface area contributed by atoms with Crippen molar-refractivity contribution in [3.8, 4) is 55.6 Å². The Morgan fingerprint density at radius 2 is 1.27 bits per heavy atom. The normalized spacial score (nSPS) is 15.4. The van der Waals surface area contributed by atoms with Gasteiger partial charge in [-0.2, -0.15) is 0 Å². The number of nitrogen functional groups attached to an aromatic ring is 1. The van der Waals surface area contributed by atoms with Crippen molar-refractivity contribution in [1.82, 2.24) is 0 Å². The van der Waals surface area contributed by atoms with E-state index in [-0.39, 0.29) is 11.8 Å². The minimum absolute atomic E-state index is 0.00804. The summed E-state index contributed by atoms with van der Waals surface area (Å²) in [5, 5.41) is 0. The zero-order chi connectivity index (χ0) is 48.6. The van der Waals surface area contributed by atoms with Crippen molar-refractivity contribution in [2.24, 2.45) is 5.92 Å². The number of hydrogen-bond acceptors (Lipinski definition) is 3. The van der Waals surface area contributed by atoms with Crippen molar-refractivity contribution in [1.29, 1.82) is 0 Å². The van der Waals surface area contributed by atoms with Crippen LogP contribution in [0.3, 0.4) is 0 Å². The van der Waals surface area contributed by atoms with E-state index in [4.69, 9.17) is 5.73 Å². The van der Waals surface area contributed by atoms with Crippen molar-refractivity contribution in [2.45, 2.75) is 51.3 Å². The number of nitrogens with zero attached hydrogens (tertiary/aromatic N) is 1. The highest BCUT2D eigenvalue weighted by molar-refractivity contribution is 8.03. The lowest BCUT2D eigenvalue weighted by atomic mass is 9.79. The van der Waals surface area contributed by atoms with Crippen molar-refractivity contribution in [3.63, 3.8) is 0 Å². The average molecular weight is 935 g/mol. The number of allylic oxidation sites excluding steroid dienone is 10. The number of para-hydroxylation sites is 2. The van der Waals surface area contributed by atoms with Crippen LogP contribution in [0, 0.1) is 12.8 Å². The van der Waals surface area contributed by atoms with Gasteiger partial charge in [-0.15, -0.1) is 6.58 Å². The minimum Gasteiger partial charge on any atom is -0.398 e. The Hall–Kier alpha value is -7.85. The van der Waals surface area contributed by atoms with Crippen molar-refractivity contribution < 1.29 is 0 Å². The summed E-state index contributed by atoms with van der Waals surface area (Å²) in [6.07, 6.45) is 17.1. The van der Waals surface area contributed by atoms with Gasteiger partial charge in [-0.3, -0.25) is 0 Å². The van der Waals surface area contributed by atoms with Gasteiger partial charge in [0.15, 0.2) is 0 Å². The monoisotopic (exact) mass is 934 g/mol. The fraction of sp³-hybridized carbons (Fsp3) is 0.118. The van der Waals surface area contributed by atoms with Crippen LogP contribution in [0.2, 0.25) is 0 Å². The Labute approximate surface area is 424 Å². The molecule has 1 aliphatic heterocycles. The second-order valence-electron chi connectivity index (χ2n) is 18.8. The van der Waals surface area contributed by atoms with Gasteiger partial charge in [0.1, 0.15) is 0 Å². The first kappa shape index (κ1) is 45.6. The molecular weight excluding hydrogens is 877 g/mol. The quantitative estimate of drug-likeness (QED) is 0.0796. The topological polar surface area (TPSA) is 29.3 Å². The van der Waals surface area contributed by atoms with Gasteiger partial charge in [0.2, 0.25) is 0 Å². The number of hydrogen-bond donors (Lipinski definition) is 1. The van der Waals surface area contributed by atoms with Gasteiger partial charge >= 0.3 is 0 Å². The summed E-state index contributed by atoms with van der Waals surface area (Å²) in [6.45, 7) is 13.2. The molecule has 3 aliphatic rings. The van der Waals surface area contributed by atoms with Crippen LogP contribution in [-0.4, -0.2) is 0 Å². The summed E-state index contributed by atoms with van der Waals surface area (Å²) in [5.41, 5.74) is 32.5. The van der Waals surface area contributed by atoms with Gasteiger partial charge < -0.3 is 10.6 Å². The van der Waals surface area contributed by atoms with Crippen LogP contribution in [0.5, 0.6) is 0 Å². The molecule has 2 nitrogen and oxygen atoms in total. The molecule has 0 spiro atoms. The third-order valence-corrected chi connectivity index (χ3v) is 16.0. The van der Waals surface area contributed by atoms with Gasteiger partial charge in [-0.1, -0.05) is 218 Å². The molecule has 0 saturated heterocycles. The summed E-state index contributed by atoms with van der Waals surface area (Å²) >= 11 is 1.95. The Kier molecular flexibility index (Phi) is 12.5. The first-order valence-corrected chi connectivity index (χ1v) is 25.8. The maximum Gasteiger partial charge on any atom is 0.0614 e. The summed E-state index contributed by atoms with van der Waals surface area (Å²) in [7, 11) is 0. The van der Waals surface area contributed by atoms with Crippen molar-refractivity contribution in [3.05, 3.63) is 275 Å². The van der Waals surface area contributed by atoms with Crippen LogP contribution >= 0.6 is 11.8 Å². The smallest absolute Gasteiger partial charge is 0.0614 e. The number of fused-ring (bicyclic) bond motifs is 4. The fourth-order valence-electron chi connectivity index (χ4n) is 11.2. The van der Waals surface area contributed by atoms with Crippen molar-refractivity contribution in [2.75, 3.05) is 10.6 Å². The second kappa shape index (κ2) is 19.5. The predicted molar refractivity (Wildman–Crippen MR) is 305 cm³/mol. The highest BCUT2D eigenvalue weighted by Crippen LogP contribution is 2.60. The van der Waals surface area contributed by atoms with Gasteiger partial charge in [0.25, 0.3) is 0 Å². The Morgan fingerprint density at radius 1 is 0.648 bits per heavy atom. The fourth-order valence-corrected chi connectivity index (χ4v) is 12.6. The highest BCUT2D eigenvalue weighted by atomic mass is 32.2. The molecule has 8 aromatic rings. The third-order valence-electron chi connectivity index (χ3n) is 14.8. The summed E-state index contributed by atoms with van der Waals surface area (Å²) in [6, 6.07) is 64.7. The van der Waals surface area contributed by atoms with E-state index in [1.165, 1.54) is 105 Å². The molecule has 1 unspecified atom stereocenters. The first-order chi connectivity index (χ1) is 34.9. The van der Waals surface area contributed by atoms with Crippen molar-refractivity contribution >= 4 is 28.8 Å². The zero-order valence-electron chi connectivity index (χ0n) is 41.0. The molecule has 0 bridgehead atoms. The second-order valence-corrected chi connectivity index (χ2v) is 19.9. The molecule has 0 amide bonds. The lowest BCUT2D eigenvalue weighted by molar-refractivity contribution is 0.764. The first-order valence-electron chi connectivity index (χ1n) is 25.0. The maximum absolute atomic E-state index is 7.22. The van der Waals surface area contributed by atoms with Crippen LogP contribution in [0.4, 0.5) is 17.1 Å². The molecule has 3 heteroatoms. The lowest BCUT2D eigenvalue weighted by Gasteiger charge is -2.40. The molecule has 2 aliphatic carbocycles. The number of benzene rings is 8. The third kappa shape index (κ3) is 8.15. The summed E-state index contributed by atoms with van der Waals surface area (Å²) in [5.74, 6) is 0.140. The Bertz CT molecular complexity index is 3500. The number of anilines is 3. The van der Waals surface area contributed by atoms with E-state index in [9.17, 15) is 0 Å². The van der Waals surface area contributed by atoms with Gasteiger partial charge in [-0.25, -0.2) is 0 Å². The maximum atomic E-state index is 7.22. The molecule has 11 rings (SSSR count).